The zero-order valence-corrected chi connectivity index (χ0v) is 5.02. The third-order valence-corrected chi connectivity index (χ3v) is 0.762. The van der Waals surface area contributed by atoms with E-state index in [1.54, 1.807) is 6.08 Å². The zero-order valence-electron chi connectivity index (χ0n) is 5.02. The molecule has 0 aromatic carbocycles. The number of nitrogens with zero attached hydrogens (tertiary/aromatic N) is 1. The average molecular weight is 110 g/mol. The smallest absolute Gasteiger partial charge is 0.0926 e. The summed E-state index contributed by atoms with van der Waals surface area (Å²) < 4.78 is 0. The van der Waals surface area contributed by atoms with E-state index in [1.807, 2.05) is 13.0 Å². The molecule has 0 aliphatic heterocycles. The van der Waals surface area contributed by atoms with Crippen molar-refractivity contribution in [3.8, 4) is 6.07 Å². The molecule has 0 aliphatic rings. The van der Waals surface area contributed by atoms with Crippen LogP contribution in [0.3, 0.4) is 0 Å². The molecule has 0 aliphatic carbocycles. The second-order valence-electron chi connectivity index (χ2n) is 1.55. The predicted octanol–water partition coefficient (Wildman–Crippen LogP) is 0.674. The minimum atomic E-state index is -0.0620. The van der Waals surface area contributed by atoms with Gasteiger partial charge in [0, 0.05) is 6.54 Å². The van der Waals surface area contributed by atoms with Crippen LogP contribution < -0.4 is 5.32 Å². The molecule has 0 spiro atoms. The van der Waals surface area contributed by atoms with Gasteiger partial charge in [-0.3, -0.25) is 5.32 Å². The van der Waals surface area contributed by atoms with E-state index >= 15 is 0 Å². The lowest BCUT2D eigenvalue weighted by molar-refractivity contribution is 0.696. The highest BCUT2D eigenvalue weighted by Gasteiger charge is 1.91. The molecule has 0 saturated carbocycles. The van der Waals surface area contributed by atoms with Crippen molar-refractivity contribution >= 4 is 0 Å². The lowest BCUT2D eigenvalue weighted by Gasteiger charge is -1.98. The minimum absolute atomic E-state index is 0.0620. The summed E-state index contributed by atoms with van der Waals surface area (Å²) >= 11 is 0. The standard InChI is InChI=1S/C6H10N2/c1-3-4-8-6(2)5-7/h3,6,8H,1,4H2,2H3. The summed E-state index contributed by atoms with van der Waals surface area (Å²) in [5, 5.41) is 11.1. The van der Waals surface area contributed by atoms with Crippen molar-refractivity contribution in [3.63, 3.8) is 0 Å². The third-order valence-electron chi connectivity index (χ3n) is 0.762. The molecule has 0 saturated heterocycles. The maximum absolute atomic E-state index is 8.21. The third kappa shape index (κ3) is 3.38. The number of nitrogens with one attached hydrogen (secondary N) is 1. The maximum atomic E-state index is 8.21. The molecule has 0 bridgehead atoms. The molecular formula is C6H10N2. The molecule has 1 atom stereocenters. The fourth-order valence-corrected chi connectivity index (χ4v) is 0.306. The molecule has 0 aromatic rings. The molecule has 0 rings (SSSR count). The fraction of sp³-hybridized carbons (Fsp3) is 0.500. The minimum Gasteiger partial charge on any atom is -0.299 e. The Kier molecular flexibility index (Phi) is 3.91. The highest BCUT2D eigenvalue weighted by Crippen LogP contribution is 1.73. The summed E-state index contributed by atoms with van der Waals surface area (Å²) in [6, 6.07) is 1.98. The molecule has 1 unspecified atom stereocenters. The van der Waals surface area contributed by atoms with Crippen molar-refractivity contribution in [1.82, 2.24) is 5.32 Å². The van der Waals surface area contributed by atoms with E-state index in [1.165, 1.54) is 0 Å². The predicted molar refractivity (Wildman–Crippen MR) is 33.3 cm³/mol. The van der Waals surface area contributed by atoms with E-state index in [4.69, 9.17) is 5.26 Å². The lowest BCUT2D eigenvalue weighted by Crippen LogP contribution is -2.23. The van der Waals surface area contributed by atoms with Crippen LogP contribution in [-0.4, -0.2) is 12.6 Å². The summed E-state index contributed by atoms with van der Waals surface area (Å²) in [7, 11) is 0. The summed E-state index contributed by atoms with van der Waals surface area (Å²) in [6.45, 7) is 6.01. The first kappa shape index (κ1) is 7.19. The number of nitriles is 1. The maximum Gasteiger partial charge on any atom is 0.0926 e. The SMILES string of the molecule is C=CCNC(C)C#N. The van der Waals surface area contributed by atoms with Crippen LogP contribution in [0.2, 0.25) is 0 Å². The quantitative estimate of drug-likeness (QED) is 0.542. The first-order chi connectivity index (χ1) is 3.81. The van der Waals surface area contributed by atoms with Gasteiger partial charge in [0.15, 0.2) is 0 Å². The number of rotatable bonds is 3. The first-order valence-electron chi connectivity index (χ1n) is 2.55. The van der Waals surface area contributed by atoms with Gasteiger partial charge in [0.25, 0.3) is 0 Å². The van der Waals surface area contributed by atoms with Gasteiger partial charge in [-0.25, -0.2) is 0 Å². The summed E-state index contributed by atoms with van der Waals surface area (Å²) in [4.78, 5) is 0. The van der Waals surface area contributed by atoms with Crippen LogP contribution in [0.5, 0.6) is 0 Å². The van der Waals surface area contributed by atoms with Gasteiger partial charge in [0.2, 0.25) is 0 Å². The largest absolute Gasteiger partial charge is 0.299 e. The van der Waals surface area contributed by atoms with Crippen molar-refractivity contribution in [1.29, 1.82) is 5.26 Å². The van der Waals surface area contributed by atoms with Crippen LogP contribution in [0.1, 0.15) is 6.92 Å². The van der Waals surface area contributed by atoms with E-state index in [9.17, 15) is 0 Å². The zero-order chi connectivity index (χ0) is 6.41. The van der Waals surface area contributed by atoms with Crippen molar-refractivity contribution in [3.05, 3.63) is 12.7 Å². The molecule has 2 nitrogen and oxygen atoms in total. The van der Waals surface area contributed by atoms with Crippen LogP contribution in [-0.2, 0) is 0 Å². The lowest BCUT2D eigenvalue weighted by atomic mass is 10.4. The first-order valence-corrected chi connectivity index (χ1v) is 2.55. The molecule has 0 fully saturated rings. The fourth-order valence-electron chi connectivity index (χ4n) is 0.306. The second-order valence-corrected chi connectivity index (χ2v) is 1.55. The Bertz CT molecular complexity index is 102. The Hall–Kier alpha value is -0.810. The van der Waals surface area contributed by atoms with Crippen molar-refractivity contribution < 1.29 is 0 Å². The molecule has 2 heteroatoms. The van der Waals surface area contributed by atoms with Gasteiger partial charge in [-0.05, 0) is 6.92 Å². The Morgan fingerprint density at radius 3 is 3.00 bits per heavy atom. The number of hydrogen-bond acceptors (Lipinski definition) is 2. The Balaban J connectivity index is 3.14. The van der Waals surface area contributed by atoms with Crippen molar-refractivity contribution in [2.45, 2.75) is 13.0 Å². The van der Waals surface area contributed by atoms with Gasteiger partial charge in [-0.1, -0.05) is 6.08 Å². The van der Waals surface area contributed by atoms with E-state index in [0.717, 1.165) is 0 Å². The average Bonchev–Trinajstić information content (AvgIpc) is 1.83. The molecular weight excluding hydrogens is 100 g/mol. The van der Waals surface area contributed by atoms with Gasteiger partial charge in [0.1, 0.15) is 0 Å². The van der Waals surface area contributed by atoms with Gasteiger partial charge in [-0.15, -0.1) is 6.58 Å². The number of hydrogen-bond donors (Lipinski definition) is 1. The van der Waals surface area contributed by atoms with Crippen molar-refractivity contribution in [2.75, 3.05) is 6.54 Å². The molecule has 0 aromatic heterocycles. The summed E-state index contributed by atoms with van der Waals surface area (Å²) in [5.41, 5.74) is 0. The van der Waals surface area contributed by atoms with Crippen LogP contribution in [0.25, 0.3) is 0 Å². The Labute approximate surface area is 49.8 Å². The molecule has 0 amide bonds. The van der Waals surface area contributed by atoms with E-state index in [2.05, 4.69) is 11.9 Å². The molecule has 1 N–H and O–H groups in total. The summed E-state index contributed by atoms with van der Waals surface area (Å²) in [6.07, 6.45) is 1.73. The van der Waals surface area contributed by atoms with Crippen LogP contribution in [0.4, 0.5) is 0 Å². The van der Waals surface area contributed by atoms with Gasteiger partial charge < -0.3 is 0 Å². The molecule has 0 radical (unpaired) electrons. The molecule has 0 heterocycles. The monoisotopic (exact) mass is 110 g/mol. The van der Waals surface area contributed by atoms with Crippen LogP contribution >= 0.6 is 0 Å². The van der Waals surface area contributed by atoms with E-state index in [-0.39, 0.29) is 6.04 Å². The molecule has 8 heavy (non-hydrogen) atoms. The summed E-state index contributed by atoms with van der Waals surface area (Å²) in [5.74, 6) is 0. The highest BCUT2D eigenvalue weighted by molar-refractivity contribution is 4.87. The van der Waals surface area contributed by atoms with E-state index in [0.29, 0.717) is 6.54 Å². The van der Waals surface area contributed by atoms with Gasteiger partial charge in [0.05, 0.1) is 12.1 Å². The van der Waals surface area contributed by atoms with E-state index < -0.39 is 0 Å². The van der Waals surface area contributed by atoms with Gasteiger partial charge in [-0.2, -0.15) is 5.26 Å². The topological polar surface area (TPSA) is 35.8 Å². The normalized spacial score (nSPS) is 12.0. The molecule has 44 valence electrons. The van der Waals surface area contributed by atoms with Crippen molar-refractivity contribution in [2.24, 2.45) is 0 Å². The van der Waals surface area contributed by atoms with Gasteiger partial charge >= 0.3 is 0 Å². The van der Waals surface area contributed by atoms with Crippen LogP contribution in [0.15, 0.2) is 12.7 Å². The van der Waals surface area contributed by atoms with Crippen LogP contribution in [0, 0.1) is 11.3 Å². The Morgan fingerprint density at radius 1 is 2.00 bits per heavy atom. The Morgan fingerprint density at radius 2 is 2.62 bits per heavy atom. The highest BCUT2D eigenvalue weighted by atomic mass is 14.9. The second kappa shape index (κ2) is 4.35.